The molecule has 4 rings (SSSR count). The van der Waals surface area contributed by atoms with Gasteiger partial charge in [-0.15, -0.1) is 0 Å². The van der Waals surface area contributed by atoms with E-state index in [1.54, 1.807) is 30.0 Å². The summed E-state index contributed by atoms with van der Waals surface area (Å²) in [6.07, 6.45) is 0.353. The van der Waals surface area contributed by atoms with E-state index in [0.717, 1.165) is 11.3 Å². The van der Waals surface area contributed by atoms with Crippen LogP contribution in [0.5, 0.6) is 5.75 Å². The molecule has 0 atom stereocenters. The topological polar surface area (TPSA) is 66.9 Å². The first-order valence-corrected chi connectivity index (χ1v) is 10.6. The Kier molecular flexibility index (Phi) is 6.31. The number of rotatable bonds is 7. The molecule has 32 heavy (non-hydrogen) atoms. The van der Waals surface area contributed by atoms with Crippen molar-refractivity contribution < 1.29 is 19.1 Å². The zero-order valence-electron chi connectivity index (χ0n) is 17.9. The molecule has 162 valence electrons. The fourth-order valence-electron chi connectivity index (χ4n) is 3.67. The van der Waals surface area contributed by atoms with Crippen LogP contribution in [0.3, 0.4) is 0 Å². The highest BCUT2D eigenvalue weighted by Gasteiger charge is 2.30. The molecule has 0 fully saturated rings. The summed E-state index contributed by atoms with van der Waals surface area (Å²) in [5.41, 5.74) is 2.67. The van der Waals surface area contributed by atoms with E-state index >= 15 is 0 Å². The maximum absolute atomic E-state index is 13.5. The number of carbonyl (C=O) groups excluding carboxylic acids is 3. The number of amides is 2. The molecule has 0 N–H and O–H groups in total. The average Bonchev–Trinajstić information content (AvgIpc) is 2.84. The Morgan fingerprint density at radius 1 is 0.969 bits per heavy atom. The minimum atomic E-state index is -0.320. The Hall–Kier alpha value is -3.93. The van der Waals surface area contributed by atoms with Crippen molar-refractivity contribution in [3.63, 3.8) is 0 Å². The zero-order chi connectivity index (χ0) is 22.5. The Bertz CT molecular complexity index is 1130. The van der Waals surface area contributed by atoms with Crippen molar-refractivity contribution in [3.8, 4) is 5.75 Å². The van der Waals surface area contributed by atoms with E-state index in [-0.39, 0.29) is 30.7 Å². The van der Waals surface area contributed by atoms with Crippen LogP contribution < -0.4 is 14.5 Å². The molecule has 3 aromatic carbocycles. The number of hydrogen-bond donors (Lipinski definition) is 0. The summed E-state index contributed by atoms with van der Waals surface area (Å²) in [6, 6.07) is 24.1. The van der Waals surface area contributed by atoms with Gasteiger partial charge in [0.05, 0.1) is 12.2 Å². The second-order valence-electron chi connectivity index (χ2n) is 7.53. The number of benzene rings is 3. The van der Waals surface area contributed by atoms with Gasteiger partial charge in [0.25, 0.3) is 5.91 Å². The van der Waals surface area contributed by atoms with Gasteiger partial charge in [-0.2, -0.15) is 0 Å². The summed E-state index contributed by atoms with van der Waals surface area (Å²) in [7, 11) is 0. The standard InChI is InChI=1S/C26H24N2O4/c1-2-23(29)20-13-14-24-22(15-20)28(26(31)18-32-24)17-25(30)27(21-11-7-4-8-12-21)16-19-9-5-3-6-10-19/h3-15H,2,16-18H2,1H3. The SMILES string of the molecule is CCC(=O)c1ccc2c(c1)N(CC(=O)N(Cc1ccccc1)c1ccccc1)C(=O)CO2. The summed E-state index contributed by atoms with van der Waals surface area (Å²) >= 11 is 0. The predicted molar refractivity (Wildman–Crippen MR) is 123 cm³/mol. The van der Waals surface area contributed by atoms with Gasteiger partial charge < -0.3 is 9.64 Å². The highest BCUT2D eigenvalue weighted by atomic mass is 16.5. The first kappa shape index (κ1) is 21.3. The number of ether oxygens (including phenoxy) is 1. The number of fused-ring (bicyclic) bond motifs is 1. The van der Waals surface area contributed by atoms with E-state index in [0.29, 0.717) is 30.0 Å². The third-order valence-corrected chi connectivity index (χ3v) is 5.39. The van der Waals surface area contributed by atoms with E-state index in [9.17, 15) is 14.4 Å². The highest BCUT2D eigenvalue weighted by molar-refractivity contribution is 6.07. The normalized spacial score (nSPS) is 12.7. The van der Waals surface area contributed by atoms with Crippen LogP contribution in [-0.4, -0.2) is 30.7 Å². The van der Waals surface area contributed by atoms with Crippen LogP contribution in [0, 0.1) is 0 Å². The van der Waals surface area contributed by atoms with Crippen molar-refractivity contribution in [1.82, 2.24) is 0 Å². The lowest BCUT2D eigenvalue weighted by molar-refractivity contribution is -0.124. The lowest BCUT2D eigenvalue weighted by Crippen LogP contribution is -2.46. The molecule has 0 saturated carbocycles. The smallest absolute Gasteiger partial charge is 0.265 e. The molecule has 2 amide bonds. The number of nitrogens with zero attached hydrogens (tertiary/aromatic N) is 2. The van der Waals surface area contributed by atoms with Gasteiger partial charge in [-0.05, 0) is 35.9 Å². The minimum absolute atomic E-state index is 0.0351. The predicted octanol–water partition coefficient (Wildman–Crippen LogP) is 4.24. The average molecular weight is 428 g/mol. The molecule has 0 spiro atoms. The van der Waals surface area contributed by atoms with Gasteiger partial charge in [-0.1, -0.05) is 55.5 Å². The number of ketones is 1. The van der Waals surface area contributed by atoms with Crippen molar-refractivity contribution in [2.75, 3.05) is 23.0 Å². The highest BCUT2D eigenvalue weighted by Crippen LogP contribution is 2.33. The monoisotopic (exact) mass is 428 g/mol. The second-order valence-corrected chi connectivity index (χ2v) is 7.53. The fraction of sp³-hybridized carbons (Fsp3) is 0.192. The van der Waals surface area contributed by atoms with Crippen LogP contribution >= 0.6 is 0 Å². The van der Waals surface area contributed by atoms with Gasteiger partial charge in [0.15, 0.2) is 12.4 Å². The molecular weight excluding hydrogens is 404 g/mol. The largest absolute Gasteiger partial charge is 0.482 e. The second kappa shape index (κ2) is 9.47. The summed E-state index contributed by atoms with van der Waals surface area (Å²) in [6.45, 7) is 1.86. The van der Waals surface area contributed by atoms with Gasteiger partial charge in [0.2, 0.25) is 5.91 Å². The van der Waals surface area contributed by atoms with Gasteiger partial charge in [0.1, 0.15) is 12.3 Å². The number of para-hydroxylation sites is 1. The number of carbonyl (C=O) groups is 3. The number of Topliss-reactive ketones (excluding diaryl/α,β-unsaturated/α-hetero) is 1. The third kappa shape index (κ3) is 4.54. The molecule has 0 saturated heterocycles. The molecule has 1 aliphatic rings. The molecule has 0 aromatic heterocycles. The van der Waals surface area contributed by atoms with E-state index in [2.05, 4.69) is 0 Å². The summed E-state index contributed by atoms with van der Waals surface area (Å²) in [4.78, 5) is 41.4. The Balaban J connectivity index is 1.65. The lowest BCUT2D eigenvalue weighted by atomic mass is 10.1. The molecule has 6 heteroatoms. The first-order chi connectivity index (χ1) is 15.6. The molecule has 1 heterocycles. The third-order valence-electron chi connectivity index (χ3n) is 5.39. The van der Waals surface area contributed by atoms with Crippen molar-refractivity contribution in [2.24, 2.45) is 0 Å². The Labute approximate surface area is 187 Å². The van der Waals surface area contributed by atoms with Crippen LogP contribution in [0.25, 0.3) is 0 Å². The van der Waals surface area contributed by atoms with Crippen LogP contribution in [0.1, 0.15) is 29.3 Å². The van der Waals surface area contributed by atoms with Gasteiger partial charge in [-0.3, -0.25) is 19.3 Å². The molecule has 0 aliphatic carbocycles. The number of hydrogen-bond acceptors (Lipinski definition) is 4. The minimum Gasteiger partial charge on any atom is -0.482 e. The van der Waals surface area contributed by atoms with E-state index in [1.165, 1.54) is 4.90 Å². The molecule has 6 nitrogen and oxygen atoms in total. The summed E-state index contributed by atoms with van der Waals surface area (Å²) < 4.78 is 5.53. The maximum Gasteiger partial charge on any atom is 0.265 e. The lowest BCUT2D eigenvalue weighted by Gasteiger charge is -2.31. The van der Waals surface area contributed by atoms with Crippen LogP contribution in [-0.2, 0) is 16.1 Å². The molecule has 1 aliphatic heterocycles. The molecule has 0 radical (unpaired) electrons. The fourth-order valence-corrected chi connectivity index (χ4v) is 3.67. The molecule has 0 unspecified atom stereocenters. The van der Waals surface area contributed by atoms with E-state index in [4.69, 9.17) is 4.74 Å². The summed E-state index contributed by atoms with van der Waals surface area (Å²) in [5.74, 6) is -0.0976. The van der Waals surface area contributed by atoms with Crippen LogP contribution in [0.15, 0.2) is 78.9 Å². The molecular formula is C26H24N2O4. The molecule has 0 bridgehead atoms. The van der Waals surface area contributed by atoms with Crippen molar-refractivity contribution in [3.05, 3.63) is 90.0 Å². The van der Waals surface area contributed by atoms with Crippen LogP contribution in [0.4, 0.5) is 11.4 Å². The van der Waals surface area contributed by atoms with E-state index < -0.39 is 0 Å². The summed E-state index contributed by atoms with van der Waals surface area (Å²) in [5, 5.41) is 0. The number of anilines is 2. The Morgan fingerprint density at radius 3 is 2.34 bits per heavy atom. The molecule has 3 aromatic rings. The zero-order valence-corrected chi connectivity index (χ0v) is 17.9. The first-order valence-electron chi connectivity index (χ1n) is 10.6. The van der Waals surface area contributed by atoms with E-state index in [1.807, 2.05) is 60.7 Å². The quantitative estimate of drug-likeness (QED) is 0.528. The van der Waals surface area contributed by atoms with Gasteiger partial charge >= 0.3 is 0 Å². The van der Waals surface area contributed by atoms with Crippen molar-refractivity contribution in [2.45, 2.75) is 19.9 Å². The van der Waals surface area contributed by atoms with Crippen molar-refractivity contribution >= 4 is 29.0 Å². The maximum atomic E-state index is 13.5. The van der Waals surface area contributed by atoms with Crippen molar-refractivity contribution in [1.29, 1.82) is 0 Å². The van der Waals surface area contributed by atoms with Gasteiger partial charge in [0, 0.05) is 17.7 Å². The Morgan fingerprint density at radius 2 is 1.66 bits per heavy atom. The van der Waals surface area contributed by atoms with Crippen LogP contribution in [0.2, 0.25) is 0 Å². The van der Waals surface area contributed by atoms with Gasteiger partial charge in [-0.25, -0.2) is 0 Å².